The third kappa shape index (κ3) is 2.88. The Balaban J connectivity index is 1.82. The number of hydrogen-bond donors (Lipinski definition) is 0. The lowest BCUT2D eigenvalue weighted by Gasteiger charge is -2.22. The van der Waals surface area contributed by atoms with E-state index in [4.69, 9.17) is 21.4 Å². The molecule has 0 aliphatic carbocycles. The molecule has 1 fully saturated rings. The zero-order valence-electron chi connectivity index (χ0n) is 12.6. The van der Waals surface area contributed by atoms with E-state index >= 15 is 0 Å². The highest BCUT2D eigenvalue weighted by molar-refractivity contribution is 6.33. The van der Waals surface area contributed by atoms with E-state index in [-0.39, 0.29) is 5.91 Å². The number of likely N-dealkylation sites (tertiary alicyclic amines) is 1. The number of aromatic nitrogens is 1. The monoisotopic (exact) mass is 330 g/mol. The summed E-state index contributed by atoms with van der Waals surface area (Å²) in [4.78, 5) is 15.4. The number of benzene rings is 1. The van der Waals surface area contributed by atoms with Crippen molar-refractivity contribution in [3.05, 3.63) is 35.4 Å². The van der Waals surface area contributed by atoms with Gasteiger partial charge in [0, 0.05) is 25.2 Å². The molecule has 2 heterocycles. The second kappa shape index (κ2) is 6.31. The minimum absolute atomic E-state index is 0.175. The Labute approximate surface area is 138 Å². The minimum Gasteiger partial charge on any atom is -0.338 e. The van der Waals surface area contributed by atoms with Crippen LogP contribution in [0.1, 0.15) is 12.8 Å². The summed E-state index contributed by atoms with van der Waals surface area (Å²) < 4.78 is 5.28. The SMILES string of the molecule is CN(C(=O)[C@@H]1CCCN1C#N)c1cc(-c2ccccc2Cl)no1. The second-order valence-electron chi connectivity index (χ2n) is 5.38. The average Bonchev–Trinajstić information content (AvgIpc) is 3.23. The van der Waals surface area contributed by atoms with Crippen LogP contribution in [0.4, 0.5) is 5.88 Å². The van der Waals surface area contributed by atoms with Crippen LogP contribution < -0.4 is 4.90 Å². The van der Waals surface area contributed by atoms with Gasteiger partial charge in [-0.1, -0.05) is 35.0 Å². The van der Waals surface area contributed by atoms with Crippen LogP contribution in [0.25, 0.3) is 11.3 Å². The highest BCUT2D eigenvalue weighted by Crippen LogP contribution is 2.30. The smallest absolute Gasteiger partial charge is 0.252 e. The van der Waals surface area contributed by atoms with Crippen molar-refractivity contribution in [3.8, 4) is 17.5 Å². The molecule has 6 nitrogen and oxygen atoms in total. The Morgan fingerprint density at radius 2 is 2.30 bits per heavy atom. The topological polar surface area (TPSA) is 73.4 Å². The van der Waals surface area contributed by atoms with E-state index in [9.17, 15) is 4.79 Å². The molecule has 1 aliphatic rings. The van der Waals surface area contributed by atoms with E-state index in [0.717, 1.165) is 12.0 Å². The second-order valence-corrected chi connectivity index (χ2v) is 5.79. The van der Waals surface area contributed by atoms with Crippen LogP contribution in [0.3, 0.4) is 0 Å². The molecular formula is C16H15ClN4O2. The highest BCUT2D eigenvalue weighted by Gasteiger charge is 2.33. The molecule has 3 rings (SSSR count). The maximum Gasteiger partial charge on any atom is 0.252 e. The number of anilines is 1. The number of hydrogen-bond acceptors (Lipinski definition) is 5. The summed E-state index contributed by atoms with van der Waals surface area (Å²) in [7, 11) is 1.62. The number of rotatable bonds is 3. The van der Waals surface area contributed by atoms with Crippen LogP contribution in [-0.2, 0) is 4.79 Å². The number of nitrogens with zero attached hydrogens (tertiary/aromatic N) is 4. The number of nitriles is 1. The first kappa shape index (κ1) is 15.4. The van der Waals surface area contributed by atoms with Gasteiger partial charge in [-0.2, -0.15) is 5.26 Å². The van der Waals surface area contributed by atoms with Crippen molar-refractivity contribution < 1.29 is 9.32 Å². The molecule has 0 spiro atoms. The first-order chi connectivity index (χ1) is 11.1. The Bertz CT molecular complexity index is 767. The van der Waals surface area contributed by atoms with Crippen LogP contribution in [0.15, 0.2) is 34.9 Å². The predicted molar refractivity (Wildman–Crippen MR) is 85.7 cm³/mol. The molecule has 7 heteroatoms. The van der Waals surface area contributed by atoms with Crippen molar-refractivity contribution in [2.24, 2.45) is 0 Å². The lowest BCUT2D eigenvalue weighted by atomic mass is 10.1. The van der Waals surface area contributed by atoms with Gasteiger partial charge in [-0.25, -0.2) is 0 Å². The van der Waals surface area contributed by atoms with Crippen LogP contribution in [-0.4, -0.2) is 35.6 Å². The highest BCUT2D eigenvalue weighted by atomic mass is 35.5. The molecule has 1 atom stereocenters. The van der Waals surface area contributed by atoms with Crippen molar-refractivity contribution in [3.63, 3.8) is 0 Å². The van der Waals surface area contributed by atoms with Gasteiger partial charge in [-0.3, -0.25) is 14.6 Å². The van der Waals surface area contributed by atoms with Gasteiger partial charge in [0.05, 0.1) is 5.02 Å². The maximum atomic E-state index is 12.5. The number of amides is 1. The van der Waals surface area contributed by atoms with Gasteiger partial charge in [0.15, 0.2) is 6.19 Å². The number of carbonyl (C=O) groups excluding carboxylic acids is 1. The van der Waals surface area contributed by atoms with Crippen LogP contribution in [0.2, 0.25) is 5.02 Å². The summed E-state index contributed by atoms with van der Waals surface area (Å²) in [6.45, 7) is 0.613. The molecule has 0 saturated carbocycles. The summed E-state index contributed by atoms with van der Waals surface area (Å²) in [5.74, 6) is 0.153. The van der Waals surface area contributed by atoms with E-state index in [2.05, 4.69) is 11.3 Å². The molecule has 0 N–H and O–H groups in total. The Kier molecular flexibility index (Phi) is 4.22. The van der Waals surface area contributed by atoms with Crippen LogP contribution in [0, 0.1) is 11.5 Å². The zero-order valence-corrected chi connectivity index (χ0v) is 13.3. The fourth-order valence-corrected chi connectivity index (χ4v) is 2.93. The largest absolute Gasteiger partial charge is 0.338 e. The Hall–Kier alpha value is -2.52. The van der Waals surface area contributed by atoms with Crippen molar-refractivity contribution in [2.75, 3.05) is 18.5 Å². The number of likely N-dealkylation sites (N-methyl/N-ethyl adjacent to an activating group) is 1. The van der Waals surface area contributed by atoms with Crippen LogP contribution in [0.5, 0.6) is 0 Å². The molecule has 118 valence electrons. The molecule has 0 bridgehead atoms. The van der Waals surface area contributed by atoms with E-state index in [1.54, 1.807) is 19.2 Å². The molecule has 1 aliphatic heterocycles. The van der Waals surface area contributed by atoms with E-state index in [0.29, 0.717) is 29.6 Å². The lowest BCUT2D eigenvalue weighted by Crippen LogP contribution is -2.42. The van der Waals surface area contributed by atoms with Gasteiger partial charge in [-0.05, 0) is 18.9 Å². The molecule has 1 aromatic heterocycles. The van der Waals surface area contributed by atoms with Crippen molar-refractivity contribution in [1.29, 1.82) is 5.26 Å². The van der Waals surface area contributed by atoms with Gasteiger partial charge in [0.25, 0.3) is 5.91 Å². The summed E-state index contributed by atoms with van der Waals surface area (Å²) >= 11 is 6.15. The van der Waals surface area contributed by atoms with Gasteiger partial charge in [0.1, 0.15) is 11.7 Å². The van der Waals surface area contributed by atoms with E-state index < -0.39 is 6.04 Å². The first-order valence-electron chi connectivity index (χ1n) is 7.27. The van der Waals surface area contributed by atoms with Crippen LogP contribution >= 0.6 is 11.6 Å². The van der Waals surface area contributed by atoms with E-state index in [1.165, 1.54) is 9.80 Å². The average molecular weight is 331 g/mol. The van der Waals surface area contributed by atoms with Gasteiger partial charge in [0.2, 0.25) is 5.88 Å². The quantitative estimate of drug-likeness (QED) is 0.809. The number of carbonyl (C=O) groups is 1. The lowest BCUT2D eigenvalue weighted by molar-refractivity contribution is -0.121. The van der Waals surface area contributed by atoms with Crippen molar-refractivity contribution >= 4 is 23.4 Å². The van der Waals surface area contributed by atoms with Crippen molar-refractivity contribution in [2.45, 2.75) is 18.9 Å². The Morgan fingerprint density at radius 3 is 3.04 bits per heavy atom. The molecule has 1 aromatic carbocycles. The van der Waals surface area contributed by atoms with Crippen molar-refractivity contribution in [1.82, 2.24) is 10.1 Å². The summed E-state index contributed by atoms with van der Waals surface area (Å²) in [5.41, 5.74) is 1.30. The third-order valence-electron chi connectivity index (χ3n) is 3.97. The predicted octanol–water partition coefficient (Wildman–Crippen LogP) is 2.90. The molecule has 2 aromatic rings. The normalized spacial score (nSPS) is 17.1. The van der Waals surface area contributed by atoms with Gasteiger partial charge < -0.3 is 4.52 Å². The minimum atomic E-state index is -0.432. The zero-order chi connectivity index (χ0) is 16.4. The third-order valence-corrected chi connectivity index (χ3v) is 4.30. The first-order valence-corrected chi connectivity index (χ1v) is 7.65. The summed E-state index contributed by atoms with van der Waals surface area (Å²) in [6, 6.07) is 8.53. The van der Waals surface area contributed by atoms with E-state index in [1.807, 2.05) is 18.2 Å². The fraction of sp³-hybridized carbons (Fsp3) is 0.312. The molecule has 1 saturated heterocycles. The molecule has 0 radical (unpaired) electrons. The Morgan fingerprint density at radius 1 is 1.52 bits per heavy atom. The van der Waals surface area contributed by atoms with Gasteiger partial charge in [-0.15, -0.1) is 0 Å². The summed E-state index contributed by atoms with van der Waals surface area (Å²) in [5, 5.41) is 13.6. The number of halogens is 1. The van der Waals surface area contributed by atoms with Gasteiger partial charge >= 0.3 is 0 Å². The molecule has 0 unspecified atom stereocenters. The maximum absolute atomic E-state index is 12.5. The molecule has 23 heavy (non-hydrogen) atoms. The molecular weight excluding hydrogens is 316 g/mol. The fourth-order valence-electron chi connectivity index (χ4n) is 2.69. The molecule has 1 amide bonds. The standard InChI is InChI=1S/C16H15ClN4O2/c1-20(16(22)14-7-4-8-21(14)10-18)15-9-13(19-23-15)11-5-2-3-6-12(11)17/h2-3,5-6,9,14H,4,7-8H2,1H3/t14-/m0/s1. The summed E-state index contributed by atoms with van der Waals surface area (Å²) in [6.07, 6.45) is 3.56.